The van der Waals surface area contributed by atoms with E-state index in [1.54, 1.807) is 0 Å². The Hall–Kier alpha value is -1.33. The molecule has 0 aromatic heterocycles. The van der Waals surface area contributed by atoms with Gasteiger partial charge in [0.05, 0.1) is 31.8 Å². The van der Waals surface area contributed by atoms with Crippen LogP contribution < -0.4 is 0 Å². The van der Waals surface area contributed by atoms with Crippen molar-refractivity contribution in [1.82, 2.24) is 0 Å². The molecule has 0 bridgehead atoms. The molecule has 43 heavy (non-hydrogen) atoms. The molecule has 1 aromatic carbocycles. The first-order chi connectivity index (χ1) is 19.5. The highest BCUT2D eigenvalue weighted by molar-refractivity contribution is 6.74. The molecule has 0 N–H and O–H groups in total. The van der Waals surface area contributed by atoms with Gasteiger partial charge in [-0.05, 0) is 63.1 Å². The number of carbonyl (C=O) groups is 2. The first-order valence-corrected chi connectivity index (χ1v) is 22.0. The van der Waals surface area contributed by atoms with Crippen molar-refractivity contribution in [3.63, 3.8) is 0 Å². The van der Waals surface area contributed by atoms with Crippen molar-refractivity contribution in [3.05, 3.63) is 35.9 Å². The Morgan fingerprint density at radius 1 is 0.837 bits per heavy atom. The largest absolute Gasteiger partial charge is 0.460 e. The van der Waals surface area contributed by atoms with Crippen molar-refractivity contribution in [2.75, 3.05) is 6.61 Å². The lowest BCUT2D eigenvalue weighted by atomic mass is 9.73. The number of benzene rings is 1. The lowest BCUT2D eigenvalue weighted by molar-refractivity contribution is -0.159. The summed E-state index contributed by atoms with van der Waals surface area (Å²) in [6.07, 6.45) is -0.895. The molecule has 0 fully saturated rings. The fourth-order valence-electron chi connectivity index (χ4n) is 4.89. The standard InChI is InChI=1S/C35H64O6Si2/c1-16-43(15,17-2)40-29(23-30(36)39-33(5,6)7)35(11,12)32(37)27(4)31(41-42(13,14)34(8,9)10)26(3)24-38-25-28-21-19-18-20-22-28/h18-22,26-27,29,31H,16-17,23-25H2,1-15H3. The summed E-state index contributed by atoms with van der Waals surface area (Å²) >= 11 is 0. The maximum absolute atomic E-state index is 14.6. The van der Waals surface area contributed by atoms with Crippen LogP contribution in [0.2, 0.25) is 36.8 Å². The number of rotatable bonds is 17. The number of hydrogen-bond acceptors (Lipinski definition) is 6. The van der Waals surface area contributed by atoms with Crippen molar-refractivity contribution in [2.24, 2.45) is 17.3 Å². The van der Waals surface area contributed by atoms with E-state index < -0.39 is 39.7 Å². The summed E-state index contributed by atoms with van der Waals surface area (Å²) in [6.45, 7) is 32.1. The van der Waals surface area contributed by atoms with Crippen LogP contribution in [0.1, 0.15) is 95.1 Å². The predicted molar refractivity (Wildman–Crippen MR) is 183 cm³/mol. The molecule has 0 saturated heterocycles. The molecule has 0 aliphatic heterocycles. The fraction of sp³-hybridized carbons (Fsp3) is 0.771. The molecule has 6 nitrogen and oxygen atoms in total. The van der Waals surface area contributed by atoms with Gasteiger partial charge in [0, 0.05) is 17.3 Å². The first kappa shape index (κ1) is 39.7. The highest BCUT2D eigenvalue weighted by atomic mass is 28.4. The maximum Gasteiger partial charge on any atom is 0.308 e. The van der Waals surface area contributed by atoms with E-state index in [1.807, 2.05) is 59.7 Å². The van der Waals surface area contributed by atoms with Crippen LogP contribution in [0, 0.1) is 17.3 Å². The number of carbonyl (C=O) groups excluding carboxylic acids is 2. The number of ketones is 1. The minimum atomic E-state index is -2.24. The van der Waals surface area contributed by atoms with Gasteiger partial charge in [0.2, 0.25) is 0 Å². The third-order valence-corrected chi connectivity index (χ3v) is 17.6. The van der Waals surface area contributed by atoms with Crippen molar-refractivity contribution >= 4 is 28.4 Å². The van der Waals surface area contributed by atoms with Crippen LogP contribution in [0.3, 0.4) is 0 Å². The van der Waals surface area contributed by atoms with Gasteiger partial charge in [0.15, 0.2) is 16.6 Å². The molecule has 8 heteroatoms. The highest BCUT2D eigenvalue weighted by Crippen LogP contribution is 2.41. The van der Waals surface area contributed by atoms with E-state index in [4.69, 9.17) is 18.3 Å². The zero-order valence-corrected chi connectivity index (χ0v) is 32.2. The van der Waals surface area contributed by atoms with Crippen molar-refractivity contribution in [2.45, 2.75) is 151 Å². The van der Waals surface area contributed by atoms with E-state index in [1.165, 1.54) is 0 Å². The molecule has 0 spiro atoms. The molecular formula is C35H64O6Si2. The van der Waals surface area contributed by atoms with E-state index in [0.717, 1.165) is 17.7 Å². The second-order valence-corrected chi connectivity index (χ2v) is 25.1. The zero-order chi connectivity index (χ0) is 33.4. The Bertz CT molecular complexity index is 1010. The van der Waals surface area contributed by atoms with Gasteiger partial charge in [-0.3, -0.25) is 9.59 Å². The SMILES string of the molecule is CC[Si](C)(CC)OC(CC(=O)OC(C)(C)C)C(C)(C)C(=O)C(C)C(O[Si](C)(C)C(C)(C)C)C(C)COCc1ccccc1. The van der Waals surface area contributed by atoms with E-state index in [2.05, 4.69) is 73.3 Å². The molecule has 4 unspecified atom stereocenters. The topological polar surface area (TPSA) is 71.1 Å². The van der Waals surface area contributed by atoms with E-state index in [-0.39, 0.29) is 35.2 Å². The number of hydrogen-bond donors (Lipinski definition) is 0. The predicted octanol–water partition coefficient (Wildman–Crippen LogP) is 9.19. The second-order valence-electron chi connectivity index (χ2n) is 15.7. The van der Waals surface area contributed by atoms with Crippen LogP contribution in [0.5, 0.6) is 0 Å². The van der Waals surface area contributed by atoms with E-state index in [0.29, 0.717) is 13.2 Å². The Morgan fingerprint density at radius 3 is 1.84 bits per heavy atom. The van der Waals surface area contributed by atoms with Gasteiger partial charge in [-0.15, -0.1) is 0 Å². The van der Waals surface area contributed by atoms with Crippen LogP contribution in [0.15, 0.2) is 30.3 Å². The minimum absolute atomic E-state index is 0.0217. The van der Waals surface area contributed by atoms with Crippen molar-refractivity contribution in [1.29, 1.82) is 0 Å². The monoisotopic (exact) mass is 636 g/mol. The maximum atomic E-state index is 14.6. The van der Waals surface area contributed by atoms with E-state index >= 15 is 0 Å². The molecule has 0 aliphatic rings. The summed E-state index contributed by atoms with van der Waals surface area (Å²) in [7, 11) is -4.38. The van der Waals surface area contributed by atoms with Gasteiger partial charge in [-0.2, -0.15) is 0 Å². The number of ether oxygens (including phenoxy) is 2. The molecule has 1 rings (SSSR count). The van der Waals surface area contributed by atoms with Gasteiger partial charge in [-0.1, -0.05) is 92.6 Å². The first-order valence-electron chi connectivity index (χ1n) is 16.2. The lowest BCUT2D eigenvalue weighted by Gasteiger charge is -2.45. The Labute approximate surface area is 266 Å². The molecule has 248 valence electrons. The zero-order valence-electron chi connectivity index (χ0n) is 30.2. The summed E-state index contributed by atoms with van der Waals surface area (Å²) in [5, 5.41) is -0.0217. The van der Waals surface area contributed by atoms with Gasteiger partial charge < -0.3 is 18.3 Å². The molecule has 0 aliphatic carbocycles. The fourth-order valence-corrected chi connectivity index (χ4v) is 8.26. The Kier molecular flexibility index (Phi) is 14.6. The molecule has 1 aromatic rings. The third kappa shape index (κ3) is 12.2. The van der Waals surface area contributed by atoms with Gasteiger partial charge in [0.1, 0.15) is 11.4 Å². The van der Waals surface area contributed by atoms with Crippen molar-refractivity contribution in [3.8, 4) is 0 Å². The molecule has 0 saturated carbocycles. The number of Topliss-reactive ketones (excluding diaryl/α,β-unsaturated/α-hetero) is 1. The second kappa shape index (κ2) is 15.8. The summed E-state index contributed by atoms with van der Waals surface area (Å²) in [4.78, 5) is 27.7. The van der Waals surface area contributed by atoms with Gasteiger partial charge in [-0.25, -0.2) is 0 Å². The Balaban J connectivity index is 3.39. The quantitative estimate of drug-likeness (QED) is 0.125. The third-order valence-electron chi connectivity index (χ3n) is 9.33. The normalized spacial score (nSPS) is 16.3. The summed E-state index contributed by atoms with van der Waals surface area (Å²) in [5.41, 5.74) is -0.437. The highest BCUT2D eigenvalue weighted by Gasteiger charge is 2.48. The van der Waals surface area contributed by atoms with Crippen LogP contribution in [-0.2, 0) is 34.5 Å². The molecule has 0 heterocycles. The molecule has 4 atom stereocenters. The molecule has 0 amide bonds. The average Bonchev–Trinajstić information content (AvgIpc) is 2.89. The molecule has 0 radical (unpaired) electrons. The van der Waals surface area contributed by atoms with Crippen molar-refractivity contribution < 1.29 is 27.9 Å². The lowest BCUT2D eigenvalue weighted by Crippen LogP contribution is -2.54. The summed E-state index contributed by atoms with van der Waals surface area (Å²) in [5.74, 6) is -0.751. The summed E-state index contributed by atoms with van der Waals surface area (Å²) < 4.78 is 25.7. The average molecular weight is 637 g/mol. The van der Waals surface area contributed by atoms with Crippen LogP contribution >= 0.6 is 0 Å². The van der Waals surface area contributed by atoms with Crippen LogP contribution in [0.4, 0.5) is 0 Å². The smallest absolute Gasteiger partial charge is 0.308 e. The summed E-state index contributed by atoms with van der Waals surface area (Å²) in [6, 6.07) is 11.9. The Morgan fingerprint density at radius 2 is 1.37 bits per heavy atom. The van der Waals surface area contributed by atoms with Gasteiger partial charge >= 0.3 is 5.97 Å². The van der Waals surface area contributed by atoms with Crippen LogP contribution in [-0.4, -0.2) is 52.8 Å². The van der Waals surface area contributed by atoms with E-state index in [9.17, 15) is 9.59 Å². The van der Waals surface area contributed by atoms with Gasteiger partial charge in [0.25, 0.3) is 0 Å². The molecular weight excluding hydrogens is 573 g/mol. The number of esters is 1. The van der Waals surface area contributed by atoms with Crippen LogP contribution in [0.25, 0.3) is 0 Å². The minimum Gasteiger partial charge on any atom is -0.460 e.